The average molecular weight is 189 g/mol. The second-order valence-electron chi connectivity index (χ2n) is 3.56. The molecular weight excluding hydrogens is 170 g/mol. The molecule has 4 heteroatoms. The fourth-order valence-corrected chi connectivity index (χ4v) is 0.436. The van der Waals surface area contributed by atoms with E-state index in [1.807, 2.05) is 0 Å². The van der Waals surface area contributed by atoms with Crippen LogP contribution in [-0.2, 0) is 4.79 Å². The number of nitrogens with zero attached hydrogens (tertiary/aromatic N) is 1. The Morgan fingerprint density at radius 2 is 1.92 bits per heavy atom. The largest absolute Gasteiger partial charge is 0.545 e. The van der Waals surface area contributed by atoms with E-state index < -0.39 is 5.97 Å². The molecule has 0 amide bonds. The van der Waals surface area contributed by atoms with Crippen molar-refractivity contribution in [1.29, 1.82) is 0 Å². The Kier molecular flexibility index (Phi) is 8.74. The summed E-state index contributed by atoms with van der Waals surface area (Å²) in [5.41, 5.74) is 0. The van der Waals surface area contributed by atoms with E-state index in [0.717, 1.165) is 17.1 Å². The molecule has 0 heterocycles. The summed E-state index contributed by atoms with van der Waals surface area (Å²) in [5.74, 6) is -1.14. The minimum Gasteiger partial charge on any atom is -0.545 e. The van der Waals surface area contributed by atoms with Crippen molar-refractivity contribution in [3.8, 4) is 0 Å². The zero-order chi connectivity index (χ0) is 10.9. The molecule has 0 atom stereocenters. The number of hydrogen-bond donors (Lipinski definition) is 1. The van der Waals surface area contributed by atoms with Crippen molar-refractivity contribution in [1.82, 2.24) is 0 Å². The van der Waals surface area contributed by atoms with Gasteiger partial charge in [-0.3, -0.25) is 0 Å². The van der Waals surface area contributed by atoms with E-state index in [1.54, 1.807) is 6.92 Å². The van der Waals surface area contributed by atoms with Crippen molar-refractivity contribution in [2.75, 3.05) is 34.3 Å². The van der Waals surface area contributed by atoms with Crippen LogP contribution in [0.3, 0.4) is 0 Å². The monoisotopic (exact) mass is 189 g/mol. The lowest BCUT2D eigenvalue weighted by molar-refractivity contribution is -0.870. The first kappa shape index (κ1) is 14.6. The van der Waals surface area contributed by atoms with Gasteiger partial charge in [0.2, 0.25) is 0 Å². The van der Waals surface area contributed by atoms with E-state index >= 15 is 0 Å². The number of carbonyl (C=O) groups excluding carboxylic acids is 1. The summed E-state index contributed by atoms with van der Waals surface area (Å²) >= 11 is 0. The molecule has 13 heavy (non-hydrogen) atoms. The maximum atomic E-state index is 9.40. The van der Waals surface area contributed by atoms with Gasteiger partial charge in [-0.2, -0.15) is 0 Å². The van der Waals surface area contributed by atoms with E-state index in [2.05, 4.69) is 21.1 Å². The fraction of sp³-hybridized carbons (Fsp3) is 0.667. The van der Waals surface area contributed by atoms with Crippen molar-refractivity contribution in [2.45, 2.75) is 6.92 Å². The number of carboxylic acid groups (broad SMARTS) is 1. The van der Waals surface area contributed by atoms with Crippen LogP contribution in [0, 0.1) is 0 Å². The summed E-state index contributed by atoms with van der Waals surface area (Å²) in [6.07, 6.45) is 2.38. The van der Waals surface area contributed by atoms with Gasteiger partial charge in [-0.15, -0.1) is 0 Å². The molecule has 0 aromatic heterocycles. The van der Waals surface area contributed by atoms with Crippen LogP contribution in [0.4, 0.5) is 0 Å². The molecule has 4 nitrogen and oxygen atoms in total. The number of quaternary nitrogens is 1. The number of allylic oxidation sites excluding steroid dienone is 1. The normalized spacial score (nSPS) is 10.8. The minimum atomic E-state index is -1.14. The summed E-state index contributed by atoms with van der Waals surface area (Å²) < 4.78 is 0.844. The zero-order valence-corrected chi connectivity index (χ0v) is 8.78. The number of aliphatic hydroxyl groups is 1. The number of carboxylic acids is 1. The topological polar surface area (TPSA) is 60.4 Å². The fourth-order valence-electron chi connectivity index (χ4n) is 0.436. The maximum Gasteiger partial charge on any atom is 0.101 e. The molecule has 0 radical (unpaired) electrons. The van der Waals surface area contributed by atoms with E-state index in [4.69, 9.17) is 5.11 Å². The molecule has 78 valence electrons. The van der Waals surface area contributed by atoms with Crippen LogP contribution in [0.5, 0.6) is 0 Å². The number of rotatable bonds is 3. The lowest BCUT2D eigenvalue weighted by Crippen LogP contribution is -2.36. The molecule has 0 saturated carbocycles. The molecule has 0 spiro atoms. The van der Waals surface area contributed by atoms with Crippen molar-refractivity contribution in [3.63, 3.8) is 0 Å². The Labute approximate surface area is 79.7 Å². The van der Waals surface area contributed by atoms with Crippen molar-refractivity contribution in [3.05, 3.63) is 12.2 Å². The third kappa shape index (κ3) is 24.7. The standard InChI is InChI=1S/C5H14NO.C4H6O2/c1-6(2,3)4-5-7;1-2-3-4(5)6/h7H,4-5H2,1-3H3;2-3H,1H3,(H,5,6)/q+1;/p-1. The predicted molar refractivity (Wildman–Crippen MR) is 49.8 cm³/mol. The summed E-state index contributed by atoms with van der Waals surface area (Å²) in [7, 11) is 6.16. The minimum absolute atomic E-state index is 0.281. The van der Waals surface area contributed by atoms with Crippen molar-refractivity contribution >= 4 is 5.97 Å². The third-order valence-electron chi connectivity index (χ3n) is 1.07. The van der Waals surface area contributed by atoms with E-state index in [9.17, 15) is 9.90 Å². The Bertz CT molecular complexity index is 159. The number of carbonyl (C=O) groups is 1. The summed E-state index contributed by atoms with van der Waals surface area (Å²) in [6.45, 7) is 2.74. The van der Waals surface area contributed by atoms with E-state index in [-0.39, 0.29) is 6.61 Å². The van der Waals surface area contributed by atoms with Crippen molar-refractivity contribution in [2.24, 2.45) is 0 Å². The second kappa shape index (κ2) is 7.76. The molecule has 0 fully saturated rings. The Hall–Kier alpha value is -0.870. The van der Waals surface area contributed by atoms with Crippen LogP contribution in [0.1, 0.15) is 6.92 Å². The van der Waals surface area contributed by atoms with Crippen LogP contribution in [-0.4, -0.2) is 49.9 Å². The summed E-state index contributed by atoms with van der Waals surface area (Å²) in [6, 6.07) is 0. The first-order valence-electron chi connectivity index (χ1n) is 4.08. The van der Waals surface area contributed by atoms with Gasteiger partial charge in [0, 0.05) is 0 Å². The first-order valence-corrected chi connectivity index (χ1v) is 4.08. The molecule has 0 aliphatic heterocycles. The van der Waals surface area contributed by atoms with Gasteiger partial charge >= 0.3 is 0 Å². The number of likely N-dealkylation sites (N-methyl/N-ethyl adjacent to an activating group) is 1. The van der Waals surface area contributed by atoms with Gasteiger partial charge in [-0.25, -0.2) is 0 Å². The molecule has 0 saturated heterocycles. The Morgan fingerprint density at radius 1 is 1.46 bits per heavy atom. The molecule has 0 unspecified atom stereocenters. The Morgan fingerprint density at radius 3 is 1.92 bits per heavy atom. The van der Waals surface area contributed by atoms with Gasteiger partial charge in [0.05, 0.1) is 33.7 Å². The van der Waals surface area contributed by atoms with Gasteiger partial charge < -0.3 is 19.5 Å². The van der Waals surface area contributed by atoms with Crippen LogP contribution < -0.4 is 5.11 Å². The van der Waals surface area contributed by atoms with Gasteiger partial charge in [0.15, 0.2) is 0 Å². The van der Waals surface area contributed by atoms with Gasteiger partial charge in [-0.1, -0.05) is 6.08 Å². The number of hydrogen-bond acceptors (Lipinski definition) is 3. The molecular formula is C9H19NO3. The second-order valence-corrected chi connectivity index (χ2v) is 3.56. The molecule has 0 aromatic carbocycles. The van der Waals surface area contributed by atoms with Gasteiger partial charge in [0.25, 0.3) is 0 Å². The lowest BCUT2D eigenvalue weighted by Gasteiger charge is -2.21. The summed E-state index contributed by atoms with van der Waals surface area (Å²) in [4.78, 5) is 9.40. The van der Waals surface area contributed by atoms with E-state index in [0.29, 0.717) is 0 Å². The Balaban J connectivity index is 0. The smallest absolute Gasteiger partial charge is 0.101 e. The summed E-state index contributed by atoms with van der Waals surface area (Å²) in [5, 5.41) is 17.8. The van der Waals surface area contributed by atoms with Crippen molar-refractivity contribution < 1.29 is 19.5 Å². The highest BCUT2D eigenvalue weighted by molar-refractivity contribution is 5.77. The van der Waals surface area contributed by atoms with Crippen LogP contribution in [0.2, 0.25) is 0 Å². The first-order chi connectivity index (χ1) is 5.83. The quantitative estimate of drug-likeness (QED) is 0.457. The number of aliphatic hydroxyl groups excluding tert-OH is 1. The molecule has 0 aromatic rings. The highest BCUT2D eigenvalue weighted by atomic mass is 16.4. The van der Waals surface area contributed by atoms with Gasteiger partial charge in [-0.05, 0) is 13.0 Å². The zero-order valence-electron chi connectivity index (χ0n) is 8.78. The molecule has 1 N–H and O–H groups in total. The highest BCUT2D eigenvalue weighted by Gasteiger charge is 2.02. The maximum absolute atomic E-state index is 9.40. The third-order valence-corrected chi connectivity index (χ3v) is 1.07. The van der Waals surface area contributed by atoms with Crippen LogP contribution in [0.25, 0.3) is 0 Å². The molecule has 0 rings (SSSR count). The SMILES string of the molecule is CC=CC(=O)[O-].C[N+](C)(C)CCO. The highest BCUT2D eigenvalue weighted by Crippen LogP contribution is 1.84. The van der Waals surface area contributed by atoms with Crippen LogP contribution in [0.15, 0.2) is 12.2 Å². The van der Waals surface area contributed by atoms with E-state index in [1.165, 1.54) is 6.08 Å². The lowest BCUT2D eigenvalue weighted by atomic mass is 10.5. The molecule has 0 aliphatic carbocycles. The average Bonchev–Trinajstić information content (AvgIpc) is 1.84. The van der Waals surface area contributed by atoms with Crippen LogP contribution >= 0.6 is 0 Å². The predicted octanol–water partition coefficient (Wildman–Crippen LogP) is -1.00. The van der Waals surface area contributed by atoms with Gasteiger partial charge in [0.1, 0.15) is 6.54 Å². The molecule has 0 bridgehead atoms. The molecule has 0 aliphatic rings. The number of aliphatic carboxylic acids is 1.